The number of hydrazine groups is 2. The number of rotatable bonds is 6. The number of nitrogens with zero attached hydrogens (tertiary/aromatic N) is 1. The quantitative estimate of drug-likeness (QED) is 0.466. The third kappa shape index (κ3) is 4.31. The summed E-state index contributed by atoms with van der Waals surface area (Å²) in [5, 5.41) is 2.10. The van der Waals surface area contributed by atoms with Crippen LogP contribution >= 0.6 is 0 Å². The van der Waals surface area contributed by atoms with Gasteiger partial charge in [-0.05, 0) is 20.4 Å². The molecule has 0 aliphatic carbocycles. The van der Waals surface area contributed by atoms with Crippen molar-refractivity contribution < 1.29 is 0 Å². The SMILES string of the molecule is CCC(C)N(CCN)NNC. The molecule has 1 atom stereocenters. The summed E-state index contributed by atoms with van der Waals surface area (Å²) in [6.45, 7) is 5.88. The molecule has 0 aliphatic rings. The van der Waals surface area contributed by atoms with Crippen molar-refractivity contribution in [3.8, 4) is 0 Å². The number of hydrogen-bond acceptors (Lipinski definition) is 4. The fourth-order valence-electron chi connectivity index (χ4n) is 0.890. The van der Waals surface area contributed by atoms with Crippen LogP contribution in [0.15, 0.2) is 0 Å². The molecule has 0 amide bonds. The van der Waals surface area contributed by atoms with Gasteiger partial charge in [0.25, 0.3) is 0 Å². The zero-order valence-corrected chi connectivity index (χ0v) is 7.72. The molecule has 4 nitrogen and oxygen atoms in total. The lowest BCUT2D eigenvalue weighted by Crippen LogP contribution is -2.51. The van der Waals surface area contributed by atoms with E-state index in [1.807, 2.05) is 7.05 Å². The van der Waals surface area contributed by atoms with Crippen molar-refractivity contribution in [1.29, 1.82) is 0 Å². The van der Waals surface area contributed by atoms with Gasteiger partial charge in [0.1, 0.15) is 0 Å². The Kier molecular flexibility index (Phi) is 6.45. The normalized spacial score (nSPS) is 13.9. The predicted molar refractivity (Wildman–Crippen MR) is 47.7 cm³/mol. The maximum Gasteiger partial charge on any atom is 0.0270 e. The van der Waals surface area contributed by atoms with Crippen LogP contribution in [0.25, 0.3) is 0 Å². The van der Waals surface area contributed by atoms with E-state index in [0.29, 0.717) is 12.6 Å². The van der Waals surface area contributed by atoms with Gasteiger partial charge in [-0.1, -0.05) is 6.92 Å². The van der Waals surface area contributed by atoms with Crippen molar-refractivity contribution in [3.05, 3.63) is 0 Å². The molecule has 0 heterocycles. The fourth-order valence-corrected chi connectivity index (χ4v) is 0.890. The van der Waals surface area contributed by atoms with Gasteiger partial charge >= 0.3 is 0 Å². The molecule has 0 saturated carbocycles. The summed E-state index contributed by atoms with van der Waals surface area (Å²) in [6, 6.07) is 0.519. The lowest BCUT2D eigenvalue weighted by Gasteiger charge is -2.27. The van der Waals surface area contributed by atoms with Crippen LogP contribution in [0, 0.1) is 0 Å². The zero-order chi connectivity index (χ0) is 8.69. The highest BCUT2D eigenvalue weighted by atomic mass is 15.7. The molecule has 0 aromatic heterocycles. The van der Waals surface area contributed by atoms with Gasteiger partial charge in [-0.15, -0.1) is 0 Å². The molecule has 0 radical (unpaired) electrons. The van der Waals surface area contributed by atoms with E-state index < -0.39 is 0 Å². The minimum atomic E-state index is 0.519. The Bertz CT molecular complexity index is 80.5. The minimum Gasteiger partial charge on any atom is -0.329 e. The molecule has 4 heteroatoms. The van der Waals surface area contributed by atoms with Gasteiger partial charge in [0.15, 0.2) is 0 Å². The third-order valence-corrected chi connectivity index (χ3v) is 1.75. The zero-order valence-electron chi connectivity index (χ0n) is 7.72. The van der Waals surface area contributed by atoms with Crippen LogP contribution < -0.4 is 16.7 Å². The first kappa shape index (κ1) is 10.8. The Morgan fingerprint density at radius 2 is 2.18 bits per heavy atom. The molecule has 0 aromatic carbocycles. The second kappa shape index (κ2) is 6.54. The number of nitrogens with two attached hydrogens (primary N) is 1. The molecule has 0 aliphatic heterocycles. The first-order valence-electron chi connectivity index (χ1n) is 4.15. The minimum absolute atomic E-state index is 0.519. The van der Waals surface area contributed by atoms with Crippen molar-refractivity contribution in [1.82, 2.24) is 16.0 Å². The van der Waals surface area contributed by atoms with E-state index in [2.05, 4.69) is 29.8 Å². The standard InChI is InChI=1S/C7H20N4/c1-4-7(2)11(6-5-8)10-9-3/h7,9-10H,4-6,8H2,1-3H3. The lowest BCUT2D eigenvalue weighted by atomic mass is 10.2. The van der Waals surface area contributed by atoms with E-state index >= 15 is 0 Å². The first-order valence-corrected chi connectivity index (χ1v) is 4.15. The Morgan fingerprint density at radius 1 is 1.55 bits per heavy atom. The summed E-state index contributed by atoms with van der Waals surface area (Å²) in [5.74, 6) is 0. The molecule has 1 unspecified atom stereocenters. The number of hydrogen-bond donors (Lipinski definition) is 3. The van der Waals surface area contributed by atoms with E-state index in [1.54, 1.807) is 0 Å². The molecule has 0 fully saturated rings. The summed E-state index contributed by atoms with van der Waals surface area (Å²) in [5.41, 5.74) is 11.4. The Hall–Kier alpha value is -0.160. The molecule has 11 heavy (non-hydrogen) atoms. The average molecular weight is 160 g/mol. The van der Waals surface area contributed by atoms with Gasteiger partial charge in [-0.25, -0.2) is 10.4 Å². The van der Waals surface area contributed by atoms with Crippen LogP contribution in [-0.4, -0.2) is 31.2 Å². The largest absolute Gasteiger partial charge is 0.329 e. The molecule has 0 aromatic rings. The van der Waals surface area contributed by atoms with Crippen molar-refractivity contribution in [2.75, 3.05) is 20.1 Å². The molecular formula is C7H20N4. The van der Waals surface area contributed by atoms with Gasteiger partial charge in [-0.3, -0.25) is 0 Å². The average Bonchev–Trinajstić information content (AvgIpc) is 2.03. The summed E-state index contributed by atoms with van der Waals surface area (Å²) in [4.78, 5) is 0. The van der Waals surface area contributed by atoms with Gasteiger partial charge < -0.3 is 5.73 Å². The highest BCUT2D eigenvalue weighted by molar-refractivity contribution is 4.59. The van der Waals surface area contributed by atoms with Crippen LogP contribution in [0.2, 0.25) is 0 Å². The predicted octanol–water partition coefficient (Wildman–Crippen LogP) is -0.315. The second-order valence-corrected chi connectivity index (χ2v) is 2.60. The van der Waals surface area contributed by atoms with Crippen LogP contribution in [0.5, 0.6) is 0 Å². The first-order chi connectivity index (χ1) is 5.26. The lowest BCUT2D eigenvalue weighted by molar-refractivity contribution is 0.112. The second-order valence-electron chi connectivity index (χ2n) is 2.60. The van der Waals surface area contributed by atoms with Crippen molar-refractivity contribution >= 4 is 0 Å². The van der Waals surface area contributed by atoms with E-state index in [0.717, 1.165) is 13.0 Å². The van der Waals surface area contributed by atoms with Gasteiger partial charge in [0, 0.05) is 19.1 Å². The Labute approximate surface area is 69.1 Å². The topological polar surface area (TPSA) is 53.3 Å². The van der Waals surface area contributed by atoms with Crippen LogP contribution in [0.3, 0.4) is 0 Å². The van der Waals surface area contributed by atoms with Crippen LogP contribution in [-0.2, 0) is 0 Å². The van der Waals surface area contributed by atoms with E-state index in [-0.39, 0.29) is 0 Å². The molecular weight excluding hydrogens is 140 g/mol. The molecule has 68 valence electrons. The number of nitrogens with one attached hydrogen (secondary N) is 2. The van der Waals surface area contributed by atoms with Crippen molar-refractivity contribution in [3.63, 3.8) is 0 Å². The molecule has 0 rings (SSSR count). The van der Waals surface area contributed by atoms with Crippen LogP contribution in [0.1, 0.15) is 20.3 Å². The summed E-state index contributed by atoms with van der Waals surface area (Å²) < 4.78 is 0. The van der Waals surface area contributed by atoms with Crippen molar-refractivity contribution in [2.45, 2.75) is 26.3 Å². The van der Waals surface area contributed by atoms with Gasteiger partial charge in [0.2, 0.25) is 0 Å². The molecule has 0 spiro atoms. The maximum atomic E-state index is 5.44. The summed E-state index contributed by atoms with van der Waals surface area (Å²) in [7, 11) is 1.85. The third-order valence-electron chi connectivity index (χ3n) is 1.75. The van der Waals surface area contributed by atoms with E-state index in [1.165, 1.54) is 0 Å². The van der Waals surface area contributed by atoms with Crippen molar-refractivity contribution in [2.24, 2.45) is 5.73 Å². The summed E-state index contributed by atoms with van der Waals surface area (Å²) >= 11 is 0. The van der Waals surface area contributed by atoms with Gasteiger partial charge in [-0.2, -0.15) is 5.53 Å². The highest BCUT2D eigenvalue weighted by Gasteiger charge is 2.08. The Morgan fingerprint density at radius 3 is 2.55 bits per heavy atom. The van der Waals surface area contributed by atoms with Crippen LogP contribution in [0.4, 0.5) is 0 Å². The highest BCUT2D eigenvalue weighted by Crippen LogP contribution is 1.97. The molecule has 4 N–H and O–H groups in total. The fraction of sp³-hybridized carbons (Fsp3) is 1.00. The Balaban J connectivity index is 3.66. The van der Waals surface area contributed by atoms with E-state index in [9.17, 15) is 0 Å². The van der Waals surface area contributed by atoms with Gasteiger partial charge in [0.05, 0.1) is 0 Å². The van der Waals surface area contributed by atoms with E-state index in [4.69, 9.17) is 5.73 Å². The molecule has 0 saturated heterocycles. The maximum absolute atomic E-state index is 5.44. The summed E-state index contributed by atoms with van der Waals surface area (Å²) in [6.07, 6.45) is 1.12. The monoisotopic (exact) mass is 160 g/mol. The smallest absolute Gasteiger partial charge is 0.0270 e. The molecule has 0 bridgehead atoms.